The van der Waals surface area contributed by atoms with E-state index < -0.39 is 9.84 Å². The molecule has 0 bridgehead atoms. The lowest BCUT2D eigenvalue weighted by Crippen LogP contribution is -2.35. The van der Waals surface area contributed by atoms with Crippen molar-refractivity contribution in [1.29, 1.82) is 0 Å². The number of aryl methyl sites for hydroxylation is 2. The molecule has 0 atom stereocenters. The predicted octanol–water partition coefficient (Wildman–Crippen LogP) is -0.175. The fourth-order valence-electron chi connectivity index (χ4n) is 2.40. The van der Waals surface area contributed by atoms with Crippen molar-refractivity contribution in [3.05, 3.63) is 11.4 Å². The zero-order valence-electron chi connectivity index (χ0n) is 11.8. The van der Waals surface area contributed by atoms with Crippen LogP contribution in [-0.2, 0) is 23.3 Å². The van der Waals surface area contributed by atoms with Crippen LogP contribution in [-0.4, -0.2) is 53.6 Å². The summed E-state index contributed by atoms with van der Waals surface area (Å²) in [5, 5.41) is 4.22. The molecular formula is C12H20N4O3S. The van der Waals surface area contributed by atoms with Crippen molar-refractivity contribution < 1.29 is 13.2 Å². The lowest BCUT2D eigenvalue weighted by Gasteiger charge is -2.19. The van der Waals surface area contributed by atoms with E-state index in [1.54, 1.807) is 11.9 Å². The molecule has 1 fully saturated rings. The monoisotopic (exact) mass is 300 g/mol. The van der Waals surface area contributed by atoms with Crippen LogP contribution in [0.5, 0.6) is 0 Å². The minimum Gasteiger partial charge on any atom is -0.395 e. The zero-order valence-corrected chi connectivity index (χ0v) is 12.6. The van der Waals surface area contributed by atoms with Gasteiger partial charge in [-0.1, -0.05) is 6.92 Å². The van der Waals surface area contributed by atoms with Gasteiger partial charge in [0.1, 0.15) is 5.69 Å². The van der Waals surface area contributed by atoms with Crippen LogP contribution in [0.4, 0.5) is 5.69 Å². The van der Waals surface area contributed by atoms with E-state index in [2.05, 4.69) is 5.10 Å². The molecule has 0 saturated carbocycles. The van der Waals surface area contributed by atoms with E-state index >= 15 is 0 Å². The normalized spacial score (nSPS) is 18.8. The fraction of sp³-hybridized carbons (Fsp3) is 0.667. The summed E-state index contributed by atoms with van der Waals surface area (Å²) in [6.45, 7) is 2.57. The van der Waals surface area contributed by atoms with E-state index in [1.807, 2.05) is 6.92 Å². The third kappa shape index (κ3) is 2.79. The average molecular weight is 300 g/mol. The quantitative estimate of drug-likeness (QED) is 0.817. The molecule has 112 valence electrons. The smallest absolute Gasteiger partial charge is 0.274 e. The van der Waals surface area contributed by atoms with Gasteiger partial charge in [0.15, 0.2) is 9.84 Å². The number of amides is 1. The van der Waals surface area contributed by atoms with Crippen molar-refractivity contribution in [1.82, 2.24) is 14.7 Å². The largest absolute Gasteiger partial charge is 0.395 e. The molecule has 0 aliphatic carbocycles. The van der Waals surface area contributed by atoms with Crippen molar-refractivity contribution in [2.24, 2.45) is 7.05 Å². The molecule has 2 rings (SSSR count). The number of carbonyl (C=O) groups is 1. The predicted molar refractivity (Wildman–Crippen MR) is 76.2 cm³/mol. The van der Waals surface area contributed by atoms with E-state index in [4.69, 9.17) is 5.73 Å². The highest BCUT2D eigenvalue weighted by atomic mass is 32.2. The van der Waals surface area contributed by atoms with E-state index in [9.17, 15) is 13.2 Å². The second kappa shape index (κ2) is 5.43. The number of carbonyl (C=O) groups excluding carboxylic acids is 1. The van der Waals surface area contributed by atoms with Gasteiger partial charge in [-0.25, -0.2) is 8.42 Å². The Morgan fingerprint density at radius 2 is 2.05 bits per heavy atom. The maximum absolute atomic E-state index is 12.5. The Labute approximate surface area is 118 Å². The summed E-state index contributed by atoms with van der Waals surface area (Å²) in [5.41, 5.74) is 7.40. The number of hydrogen-bond acceptors (Lipinski definition) is 5. The van der Waals surface area contributed by atoms with Gasteiger partial charge in [0.2, 0.25) is 0 Å². The Morgan fingerprint density at radius 3 is 2.65 bits per heavy atom. The van der Waals surface area contributed by atoms with Crippen LogP contribution in [0.1, 0.15) is 29.5 Å². The molecule has 1 aliphatic rings. The summed E-state index contributed by atoms with van der Waals surface area (Å²) < 4.78 is 24.6. The van der Waals surface area contributed by atoms with Gasteiger partial charge in [-0.3, -0.25) is 9.48 Å². The molecule has 1 aromatic rings. The highest BCUT2D eigenvalue weighted by Crippen LogP contribution is 2.19. The van der Waals surface area contributed by atoms with Crippen LogP contribution in [0.3, 0.4) is 0 Å². The van der Waals surface area contributed by atoms with Gasteiger partial charge >= 0.3 is 0 Å². The molecule has 1 aliphatic heterocycles. The van der Waals surface area contributed by atoms with Gasteiger partial charge in [0, 0.05) is 20.1 Å². The van der Waals surface area contributed by atoms with Crippen molar-refractivity contribution >= 4 is 21.4 Å². The van der Waals surface area contributed by atoms with Gasteiger partial charge in [0.25, 0.3) is 5.91 Å². The number of hydrogen-bond donors (Lipinski definition) is 1. The summed E-state index contributed by atoms with van der Waals surface area (Å²) in [6, 6.07) is 0. The highest BCUT2D eigenvalue weighted by molar-refractivity contribution is 7.91. The minimum absolute atomic E-state index is 0.0110. The maximum atomic E-state index is 12.5. The second-order valence-electron chi connectivity index (χ2n) is 4.98. The Morgan fingerprint density at radius 1 is 1.35 bits per heavy atom. The number of nitrogen functional groups attached to an aromatic ring is 1. The van der Waals surface area contributed by atoms with Gasteiger partial charge in [-0.05, 0) is 12.8 Å². The van der Waals surface area contributed by atoms with Crippen molar-refractivity contribution in [2.45, 2.75) is 19.8 Å². The van der Waals surface area contributed by atoms with Gasteiger partial charge < -0.3 is 10.6 Å². The Balaban J connectivity index is 2.26. The van der Waals surface area contributed by atoms with Crippen molar-refractivity contribution in [3.63, 3.8) is 0 Å². The summed E-state index contributed by atoms with van der Waals surface area (Å²) in [5.74, 6) is -0.0936. The lowest BCUT2D eigenvalue weighted by molar-refractivity contribution is 0.0758. The number of aromatic nitrogens is 2. The summed E-state index contributed by atoms with van der Waals surface area (Å²) >= 11 is 0. The van der Waals surface area contributed by atoms with Gasteiger partial charge in [0.05, 0.1) is 22.9 Å². The molecule has 1 aromatic heterocycles. The van der Waals surface area contributed by atoms with Gasteiger partial charge in [-0.15, -0.1) is 0 Å². The second-order valence-corrected chi connectivity index (χ2v) is 7.29. The first-order valence-electron chi connectivity index (χ1n) is 6.66. The SMILES string of the molecule is CCc1nn(C)c(C(=O)N2CCCS(=O)(=O)CC2)c1N. The molecule has 0 spiro atoms. The number of anilines is 1. The molecule has 2 N–H and O–H groups in total. The molecule has 2 heterocycles. The molecule has 0 aromatic carbocycles. The first-order valence-corrected chi connectivity index (χ1v) is 8.49. The standard InChI is InChI=1S/C12H20N4O3S/c1-3-9-10(13)11(15(2)14-9)12(17)16-5-4-7-20(18,19)8-6-16/h3-8,13H2,1-2H3. The zero-order chi connectivity index (χ0) is 14.9. The van der Waals surface area contributed by atoms with E-state index in [-0.39, 0.29) is 24.0 Å². The summed E-state index contributed by atoms with van der Waals surface area (Å²) in [4.78, 5) is 14.1. The Hall–Kier alpha value is -1.57. The highest BCUT2D eigenvalue weighted by Gasteiger charge is 2.27. The summed E-state index contributed by atoms with van der Waals surface area (Å²) in [7, 11) is -1.36. The number of nitrogens with two attached hydrogens (primary N) is 1. The molecule has 20 heavy (non-hydrogen) atoms. The third-order valence-corrected chi connectivity index (χ3v) is 5.26. The van der Waals surface area contributed by atoms with Crippen LogP contribution in [0.2, 0.25) is 0 Å². The average Bonchev–Trinajstić information content (AvgIpc) is 2.55. The van der Waals surface area contributed by atoms with Crippen LogP contribution in [0.25, 0.3) is 0 Å². The fourth-order valence-corrected chi connectivity index (χ4v) is 3.67. The Kier molecular flexibility index (Phi) is 4.03. The molecule has 1 saturated heterocycles. The van der Waals surface area contributed by atoms with Crippen LogP contribution >= 0.6 is 0 Å². The van der Waals surface area contributed by atoms with Crippen molar-refractivity contribution in [3.8, 4) is 0 Å². The number of nitrogens with zero attached hydrogens (tertiary/aromatic N) is 3. The van der Waals surface area contributed by atoms with Crippen LogP contribution in [0.15, 0.2) is 0 Å². The minimum atomic E-state index is -3.04. The van der Waals surface area contributed by atoms with Crippen LogP contribution in [0, 0.1) is 0 Å². The molecule has 0 radical (unpaired) electrons. The van der Waals surface area contributed by atoms with Crippen LogP contribution < -0.4 is 5.73 Å². The van der Waals surface area contributed by atoms with E-state index in [1.165, 1.54) is 4.68 Å². The van der Waals surface area contributed by atoms with Crippen molar-refractivity contribution in [2.75, 3.05) is 30.3 Å². The first-order chi connectivity index (χ1) is 9.35. The molecule has 7 nitrogen and oxygen atoms in total. The third-order valence-electron chi connectivity index (χ3n) is 3.54. The molecule has 1 amide bonds. The summed E-state index contributed by atoms with van der Waals surface area (Å²) in [6.07, 6.45) is 1.12. The Bertz CT molecular complexity index is 621. The number of rotatable bonds is 2. The topological polar surface area (TPSA) is 98.3 Å². The van der Waals surface area contributed by atoms with E-state index in [0.717, 1.165) is 0 Å². The van der Waals surface area contributed by atoms with Gasteiger partial charge in [-0.2, -0.15) is 5.10 Å². The lowest BCUT2D eigenvalue weighted by atomic mass is 10.2. The maximum Gasteiger partial charge on any atom is 0.274 e. The molecular weight excluding hydrogens is 280 g/mol. The first kappa shape index (κ1) is 14.8. The molecule has 0 unspecified atom stereocenters. The van der Waals surface area contributed by atoms with E-state index in [0.29, 0.717) is 36.5 Å². The molecule has 8 heteroatoms. The number of sulfone groups is 1.